The van der Waals surface area contributed by atoms with Crippen molar-refractivity contribution in [3.63, 3.8) is 0 Å². The highest BCUT2D eigenvalue weighted by molar-refractivity contribution is 5.81. The lowest BCUT2D eigenvalue weighted by Gasteiger charge is -2.35. The maximum Gasteiger partial charge on any atom is 0.261 e. The summed E-state index contributed by atoms with van der Waals surface area (Å²) in [5, 5.41) is 3.04. The van der Waals surface area contributed by atoms with Crippen LogP contribution in [0.3, 0.4) is 0 Å². The van der Waals surface area contributed by atoms with E-state index in [4.69, 9.17) is 4.74 Å². The number of likely N-dealkylation sites (tertiary alicyclic amines) is 1. The van der Waals surface area contributed by atoms with E-state index < -0.39 is 6.10 Å². The lowest BCUT2D eigenvalue weighted by atomic mass is 9.92. The standard InChI is InChI=1S/C21H34N2O2/c1-5-20(25-19-9-6-8-16(2)13-19)21(24)22-10-7-11-23-14-17(3)12-18(4)15-23/h6,8-9,13,17-18,20H,5,7,10-12,14-15H2,1-4H3,(H,22,24)/t17-,18+,20-/m0/s1. The molecule has 1 N–H and O–H groups in total. The number of benzene rings is 1. The zero-order chi connectivity index (χ0) is 18.2. The van der Waals surface area contributed by atoms with Gasteiger partial charge in [0.2, 0.25) is 0 Å². The zero-order valence-electron chi connectivity index (χ0n) is 16.3. The molecule has 0 aromatic heterocycles. The number of nitrogens with one attached hydrogen (secondary N) is 1. The molecule has 0 radical (unpaired) electrons. The third-order valence-corrected chi connectivity index (χ3v) is 4.83. The van der Waals surface area contributed by atoms with Crippen molar-refractivity contribution < 1.29 is 9.53 Å². The molecule has 1 amide bonds. The van der Waals surface area contributed by atoms with Gasteiger partial charge in [-0.15, -0.1) is 0 Å². The van der Waals surface area contributed by atoms with Gasteiger partial charge in [-0.05, 0) is 62.3 Å². The van der Waals surface area contributed by atoms with Gasteiger partial charge < -0.3 is 15.0 Å². The van der Waals surface area contributed by atoms with Crippen molar-refractivity contribution in [2.75, 3.05) is 26.2 Å². The van der Waals surface area contributed by atoms with E-state index in [1.54, 1.807) is 0 Å². The minimum absolute atomic E-state index is 0.00983. The van der Waals surface area contributed by atoms with E-state index in [0.29, 0.717) is 13.0 Å². The van der Waals surface area contributed by atoms with Crippen molar-refractivity contribution in [1.82, 2.24) is 10.2 Å². The Bertz CT molecular complexity index is 536. The second kappa shape index (κ2) is 9.81. The van der Waals surface area contributed by atoms with E-state index in [1.807, 2.05) is 38.1 Å². The maximum absolute atomic E-state index is 12.4. The van der Waals surface area contributed by atoms with Crippen molar-refractivity contribution in [2.24, 2.45) is 11.8 Å². The van der Waals surface area contributed by atoms with E-state index in [9.17, 15) is 4.79 Å². The van der Waals surface area contributed by atoms with Crippen LogP contribution in [0.15, 0.2) is 24.3 Å². The lowest BCUT2D eigenvalue weighted by molar-refractivity contribution is -0.128. The number of rotatable bonds is 8. The van der Waals surface area contributed by atoms with Crippen molar-refractivity contribution in [3.05, 3.63) is 29.8 Å². The van der Waals surface area contributed by atoms with Crippen LogP contribution in [0.2, 0.25) is 0 Å². The summed E-state index contributed by atoms with van der Waals surface area (Å²) in [5.74, 6) is 2.32. The van der Waals surface area contributed by atoms with Crippen LogP contribution >= 0.6 is 0 Å². The van der Waals surface area contributed by atoms with E-state index in [-0.39, 0.29) is 5.91 Å². The number of ether oxygens (including phenoxy) is 1. The molecule has 1 heterocycles. The molecule has 2 rings (SSSR count). The SMILES string of the molecule is CC[C@H](Oc1cccc(C)c1)C(=O)NCCCN1C[C@H](C)C[C@H](C)C1. The summed E-state index contributed by atoms with van der Waals surface area (Å²) in [5.41, 5.74) is 1.14. The Balaban J connectivity index is 1.71. The van der Waals surface area contributed by atoms with Crippen molar-refractivity contribution in [2.45, 2.75) is 53.1 Å². The summed E-state index contributed by atoms with van der Waals surface area (Å²) < 4.78 is 5.86. The van der Waals surface area contributed by atoms with Crippen molar-refractivity contribution in [3.8, 4) is 5.75 Å². The van der Waals surface area contributed by atoms with Crippen LogP contribution in [0.4, 0.5) is 0 Å². The molecule has 1 aliphatic heterocycles. The molecule has 4 heteroatoms. The highest BCUT2D eigenvalue weighted by atomic mass is 16.5. The van der Waals surface area contributed by atoms with E-state index in [0.717, 1.165) is 36.1 Å². The third kappa shape index (κ3) is 6.69. The molecule has 1 saturated heterocycles. The molecule has 1 aliphatic rings. The van der Waals surface area contributed by atoms with Gasteiger partial charge in [0.05, 0.1) is 0 Å². The predicted octanol–water partition coefficient (Wildman–Crippen LogP) is 3.64. The topological polar surface area (TPSA) is 41.6 Å². The number of hydrogen-bond acceptors (Lipinski definition) is 3. The van der Waals surface area contributed by atoms with Gasteiger partial charge in [0.15, 0.2) is 6.10 Å². The Kier molecular flexibility index (Phi) is 7.76. The Hall–Kier alpha value is -1.55. The van der Waals surface area contributed by atoms with Crippen molar-refractivity contribution in [1.29, 1.82) is 0 Å². The zero-order valence-corrected chi connectivity index (χ0v) is 16.3. The van der Waals surface area contributed by atoms with E-state index in [1.165, 1.54) is 19.5 Å². The molecule has 0 spiro atoms. The molecule has 0 bridgehead atoms. The second-order valence-corrected chi connectivity index (χ2v) is 7.68. The van der Waals surface area contributed by atoms with E-state index >= 15 is 0 Å². The van der Waals surface area contributed by atoms with Gasteiger partial charge in [-0.25, -0.2) is 0 Å². The van der Waals surface area contributed by atoms with Crippen LogP contribution in [0.25, 0.3) is 0 Å². The largest absolute Gasteiger partial charge is 0.481 e. The number of carbonyl (C=O) groups is 1. The van der Waals surface area contributed by atoms with Gasteiger partial charge in [0, 0.05) is 19.6 Å². The predicted molar refractivity (Wildman–Crippen MR) is 103 cm³/mol. The fraction of sp³-hybridized carbons (Fsp3) is 0.667. The lowest BCUT2D eigenvalue weighted by Crippen LogP contribution is -2.41. The minimum Gasteiger partial charge on any atom is -0.481 e. The Morgan fingerprint density at radius 1 is 1.32 bits per heavy atom. The first-order valence-electron chi connectivity index (χ1n) is 9.71. The van der Waals surface area contributed by atoms with Crippen LogP contribution in [0.1, 0.15) is 45.6 Å². The first kappa shape index (κ1) is 19.8. The molecule has 140 valence electrons. The second-order valence-electron chi connectivity index (χ2n) is 7.68. The van der Waals surface area contributed by atoms with Crippen LogP contribution < -0.4 is 10.1 Å². The Labute approximate surface area is 152 Å². The highest BCUT2D eigenvalue weighted by Gasteiger charge is 2.21. The van der Waals surface area contributed by atoms with Crippen LogP contribution in [-0.4, -0.2) is 43.1 Å². The highest BCUT2D eigenvalue weighted by Crippen LogP contribution is 2.20. The van der Waals surface area contributed by atoms with Gasteiger partial charge in [-0.1, -0.05) is 32.9 Å². The number of aryl methyl sites for hydroxylation is 1. The molecule has 0 aliphatic carbocycles. The third-order valence-electron chi connectivity index (χ3n) is 4.83. The molecule has 25 heavy (non-hydrogen) atoms. The van der Waals surface area contributed by atoms with Crippen LogP contribution in [-0.2, 0) is 4.79 Å². The monoisotopic (exact) mass is 346 g/mol. The molecule has 1 aromatic rings. The molecular formula is C21H34N2O2. The fourth-order valence-electron chi connectivity index (χ4n) is 3.78. The fourth-order valence-corrected chi connectivity index (χ4v) is 3.78. The first-order valence-corrected chi connectivity index (χ1v) is 9.71. The summed E-state index contributed by atoms with van der Waals surface area (Å²) in [6.07, 6.45) is 2.58. The summed E-state index contributed by atoms with van der Waals surface area (Å²) in [6, 6.07) is 7.85. The molecule has 3 atom stereocenters. The number of nitrogens with zero attached hydrogens (tertiary/aromatic N) is 1. The van der Waals surface area contributed by atoms with Crippen LogP contribution in [0.5, 0.6) is 5.75 Å². The number of amides is 1. The van der Waals surface area contributed by atoms with Gasteiger partial charge in [0.25, 0.3) is 5.91 Å². The average molecular weight is 347 g/mol. The number of piperidine rings is 1. The maximum atomic E-state index is 12.4. The molecule has 0 saturated carbocycles. The van der Waals surface area contributed by atoms with Gasteiger partial charge in [-0.2, -0.15) is 0 Å². The Morgan fingerprint density at radius 2 is 2.04 bits per heavy atom. The quantitative estimate of drug-likeness (QED) is 0.731. The average Bonchev–Trinajstić information content (AvgIpc) is 2.55. The smallest absolute Gasteiger partial charge is 0.261 e. The molecule has 1 fully saturated rings. The summed E-state index contributed by atoms with van der Waals surface area (Å²) >= 11 is 0. The number of hydrogen-bond donors (Lipinski definition) is 1. The van der Waals surface area contributed by atoms with E-state index in [2.05, 4.69) is 24.1 Å². The first-order chi connectivity index (χ1) is 12.0. The normalized spacial score (nSPS) is 22.4. The summed E-state index contributed by atoms with van der Waals surface area (Å²) in [7, 11) is 0. The molecule has 4 nitrogen and oxygen atoms in total. The Morgan fingerprint density at radius 3 is 2.68 bits per heavy atom. The van der Waals surface area contributed by atoms with Crippen LogP contribution in [0, 0.1) is 18.8 Å². The van der Waals surface area contributed by atoms with Gasteiger partial charge in [-0.3, -0.25) is 4.79 Å². The summed E-state index contributed by atoms with van der Waals surface area (Å²) in [4.78, 5) is 14.9. The molecule has 0 unspecified atom stereocenters. The minimum atomic E-state index is -0.420. The molecular weight excluding hydrogens is 312 g/mol. The van der Waals surface area contributed by atoms with Gasteiger partial charge in [0.1, 0.15) is 5.75 Å². The number of carbonyl (C=O) groups excluding carboxylic acids is 1. The molecule has 1 aromatic carbocycles. The van der Waals surface area contributed by atoms with Crippen molar-refractivity contribution >= 4 is 5.91 Å². The van der Waals surface area contributed by atoms with Gasteiger partial charge >= 0.3 is 0 Å². The summed E-state index contributed by atoms with van der Waals surface area (Å²) in [6.45, 7) is 12.8.